The van der Waals surface area contributed by atoms with Gasteiger partial charge in [-0.2, -0.15) is 9.97 Å². The van der Waals surface area contributed by atoms with Crippen LogP contribution in [0.4, 0.5) is 17.5 Å². The summed E-state index contributed by atoms with van der Waals surface area (Å²) < 4.78 is 5.67. The number of carboxylic acid groups (broad SMARTS) is 2. The van der Waals surface area contributed by atoms with Crippen molar-refractivity contribution in [3.8, 4) is 5.75 Å². The zero-order chi connectivity index (χ0) is 44.5. The van der Waals surface area contributed by atoms with Crippen LogP contribution >= 0.6 is 0 Å². The molecule has 5 amide bonds. The van der Waals surface area contributed by atoms with Gasteiger partial charge >= 0.3 is 11.9 Å². The first kappa shape index (κ1) is 44.1. The molecule has 2 aromatic heterocycles. The molecule has 4 heterocycles. The number of rotatable bonds is 20. The lowest BCUT2D eigenvalue weighted by Crippen LogP contribution is -2.55. The van der Waals surface area contributed by atoms with Gasteiger partial charge in [-0.05, 0) is 68.5 Å². The van der Waals surface area contributed by atoms with Crippen LogP contribution in [0.3, 0.4) is 0 Å². The summed E-state index contributed by atoms with van der Waals surface area (Å²) in [5.41, 5.74) is 13.7. The number of hydrogen-bond donors (Lipinski definition) is 8. The van der Waals surface area contributed by atoms with Crippen molar-refractivity contribution in [3.05, 3.63) is 71.0 Å². The molecule has 1 fully saturated rings. The number of carbonyl (C=O) groups is 7. The lowest BCUT2D eigenvalue weighted by molar-refractivity contribution is -0.140. The lowest BCUT2D eigenvalue weighted by atomic mass is 10.0. The Morgan fingerprint density at radius 2 is 1.71 bits per heavy atom. The Hall–Kier alpha value is -7.49. The van der Waals surface area contributed by atoms with E-state index >= 15 is 0 Å². The van der Waals surface area contributed by atoms with Crippen molar-refractivity contribution in [1.82, 2.24) is 40.8 Å². The normalized spacial score (nSPS) is 16.3. The lowest BCUT2D eigenvalue weighted by Gasteiger charge is -2.31. The summed E-state index contributed by atoms with van der Waals surface area (Å²) in [5.74, 6) is -5.59. The molecule has 0 saturated carbocycles. The molecule has 326 valence electrons. The van der Waals surface area contributed by atoms with Gasteiger partial charge in [0.2, 0.25) is 11.9 Å². The molecule has 0 radical (unpaired) electrons. The Bertz CT molecular complexity index is 2380. The Labute approximate surface area is 353 Å². The van der Waals surface area contributed by atoms with Gasteiger partial charge in [-0.1, -0.05) is 18.9 Å². The van der Waals surface area contributed by atoms with E-state index in [9.17, 15) is 43.8 Å². The van der Waals surface area contributed by atoms with Crippen LogP contribution in [0.2, 0.25) is 0 Å². The molecule has 2 aliphatic heterocycles. The van der Waals surface area contributed by atoms with Gasteiger partial charge in [-0.25, -0.2) is 14.8 Å². The van der Waals surface area contributed by atoms with E-state index in [2.05, 4.69) is 35.9 Å². The molecule has 22 nitrogen and oxygen atoms in total. The third-order valence-corrected chi connectivity index (χ3v) is 10.2. The highest BCUT2D eigenvalue weighted by atomic mass is 16.5. The second-order valence-corrected chi connectivity index (χ2v) is 14.6. The summed E-state index contributed by atoms with van der Waals surface area (Å²) >= 11 is 0. The van der Waals surface area contributed by atoms with Crippen molar-refractivity contribution in [2.24, 2.45) is 0 Å². The van der Waals surface area contributed by atoms with Gasteiger partial charge in [0.1, 0.15) is 24.1 Å². The number of aromatic nitrogens is 4. The number of nitrogen functional groups attached to an aromatic ring is 2. The van der Waals surface area contributed by atoms with Crippen molar-refractivity contribution in [3.63, 3.8) is 0 Å². The van der Waals surface area contributed by atoms with E-state index in [1.54, 1.807) is 18.3 Å². The summed E-state index contributed by atoms with van der Waals surface area (Å²) in [5, 5.41) is 35.6. The van der Waals surface area contributed by atoms with Gasteiger partial charge in [0.15, 0.2) is 23.6 Å². The maximum absolute atomic E-state index is 13.3. The maximum Gasteiger partial charge on any atom is 0.326 e. The molecule has 10 N–H and O–H groups in total. The van der Waals surface area contributed by atoms with E-state index in [-0.39, 0.29) is 71.2 Å². The third kappa shape index (κ3) is 10.6. The maximum atomic E-state index is 13.3. The van der Waals surface area contributed by atoms with Crippen LogP contribution in [0.5, 0.6) is 5.75 Å². The molecule has 3 atom stereocenters. The van der Waals surface area contributed by atoms with Gasteiger partial charge in [0, 0.05) is 30.8 Å². The van der Waals surface area contributed by atoms with E-state index in [1.165, 1.54) is 30.3 Å². The minimum absolute atomic E-state index is 0.0328. The fraction of sp³-hybridized carbons (Fsp3) is 0.375. The number of hydrogen-bond acceptors (Lipinski definition) is 16. The minimum Gasteiger partial charge on any atom is -0.483 e. The van der Waals surface area contributed by atoms with Crippen LogP contribution < -0.4 is 37.1 Å². The average Bonchev–Trinajstić information content (AvgIpc) is 3.49. The Kier molecular flexibility index (Phi) is 14.0. The fourth-order valence-electron chi connectivity index (χ4n) is 7.05. The highest BCUT2D eigenvalue weighted by Gasteiger charge is 2.46. The van der Waals surface area contributed by atoms with Crippen molar-refractivity contribution >= 4 is 70.1 Å². The van der Waals surface area contributed by atoms with Crippen LogP contribution in [0, 0.1) is 0 Å². The Morgan fingerprint density at radius 3 is 2.44 bits per heavy atom. The first-order valence-electron chi connectivity index (χ1n) is 19.7. The van der Waals surface area contributed by atoms with E-state index in [0.29, 0.717) is 37.3 Å². The number of nitrogens with one attached hydrogen (secondary N) is 3. The molecular weight excluding hydrogens is 811 g/mol. The number of nitrogens with zero attached hydrogens (tertiary/aromatic N) is 6. The molecule has 22 heteroatoms. The monoisotopic (exact) mass is 855 g/mol. The Balaban J connectivity index is 1.01. The number of aliphatic hydroxyl groups excluding tert-OH is 1. The Morgan fingerprint density at radius 1 is 0.952 bits per heavy atom. The number of piperidine rings is 1. The quantitative estimate of drug-likeness (QED) is 0.0445. The number of nitrogens with two attached hydrogens (primary N) is 2. The second-order valence-electron chi connectivity index (χ2n) is 14.6. The number of benzene rings is 2. The van der Waals surface area contributed by atoms with Gasteiger partial charge in [0.05, 0.1) is 29.6 Å². The number of fused-ring (bicyclic) bond motifs is 2. The van der Waals surface area contributed by atoms with E-state index in [1.807, 2.05) is 4.90 Å². The number of unbranched alkanes of at least 4 members (excludes halogenated alkanes) is 3. The first-order chi connectivity index (χ1) is 29.7. The number of anilines is 3. The number of carbonyl (C=O) groups excluding carboxylic acids is 5. The SMILES string of the molecule is Nc1nc(N)c2nc(CN(CCCCCCNC(=O)COc3cccc4c3C(=O)N(C3CCC(O)NC3=O)C4=O)c3ccc(C(=O)NC(CCC(=O)O)C(=O)O)cc3)cnc2n1. The molecule has 4 aromatic rings. The predicted molar refractivity (Wildman–Crippen MR) is 218 cm³/mol. The summed E-state index contributed by atoms with van der Waals surface area (Å²) in [4.78, 5) is 107. The average molecular weight is 856 g/mol. The van der Waals surface area contributed by atoms with Crippen molar-refractivity contribution in [2.45, 2.75) is 76.2 Å². The standard InChI is InChI=1S/C40H45N11O11/c41-33-32-34(49-40(42)48-33)44-18-22(45-32)19-50(23-10-8-21(9-11-23)35(56)46-25(39(60)61)12-15-30(54)55)17-4-2-1-3-16-43-29(53)20-62-27-7-5-6-24-31(27)38(59)51(37(24)58)26-13-14-28(52)47-36(26)57/h5-11,18,25-26,28,52H,1-4,12-17,19-20H2,(H,43,53)(H,46,56)(H,47,57)(H,54,55)(H,60,61)(H4,41,42,44,48,49). The van der Waals surface area contributed by atoms with Crippen molar-refractivity contribution in [1.29, 1.82) is 0 Å². The fourth-order valence-corrected chi connectivity index (χ4v) is 7.05. The number of imide groups is 1. The predicted octanol–water partition coefficient (Wildman–Crippen LogP) is 0.587. The smallest absolute Gasteiger partial charge is 0.326 e. The molecule has 0 aliphatic carbocycles. The molecule has 3 unspecified atom stereocenters. The topological polar surface area (TPSA) is 336 Å². The molecule has 6 rings (SSSR count). The minimum atomic E-state index is -1.38. The number of aliphatic carboxylic acids is 2. The van der Waals surface area contributed by atoms with Gasteiger partial charge in [-0.15, -0.1) is 0 Å². The number of carboxylic acids is 2. The number of aliphatic hydroxyl groups is 1. The summed E-state index contributed by atoms with van der Waals surface area (Å²) in [6.45, 7) is 0.725. The van der Waals surface area contributed by atoms with E-state index < -0.39 is 72.8 Å². The molecule has 2 aliphatic rings. The van der Waals surface area contributed by atoms with Crippen LogP contribution in [-0.4, -0.2) is 120 Å². The largest absolute Gasteiger partial charge is 0.483 e. The molecule has 0 spiro atoms. The van der Waals surface area contributed by atoms with Gasteiger partial charge in [-0.3, -0.25) is 33.7 Å². The molecule has 1 saturated heterocycles. The summed E-state index contributed by atoms with van der Waals surface area (Å²) in [6.07, 6.45) is 2.92. The van der Waals surface area contributed by atoms with Crippen LogP contribution in [0.25, 0.3) is 11.2 Å². The molecule has 0 bridgehead atoms. The number of amides is 5. The molecule has 2 aromatic carbocycles. The van der Waals surface area contributed by atoms with Gasteiger partial charge in [0.25, 0.3) is 23.6 Å². The number of ether oxygens (including phenoxy) is 1. The highest BCUT2D eigenvalue weighted by Crippen LogP contribution is 2.34. The van der Waals surface area contributed by atoms with Gasteiger partial charge < -0.3 is 52.4 Å². The van der Waals surface area contributed by atoms with Crippen LogP contribution in [-0.2, 0) is 25.7 Å². The molecular formula is C40H45N11O11. The van der Waals surface area contributed by atoms with Crippen LogP contribution in [0.15, 0.2) is 48.7 Å². The zero-order valence-corrected chi connectivity index (χ0v) is 33.3. The van der Waals surface area contributed by atoms with E-state index in [4.69, 9.17) is 21.3 Å². The summed E-state index contributed by atoms with van der Waals surface area (Å²) in [7, 11) is 0. The first-order valence-corrected chi connectivity index (χ1v) is 19.7. The van der Waals surface area contributed by atoms with E-state index in [0.717, 1.165) is 17.7 Å². The highest BCUT2D eigenvalue weighted by molar-refractivity contribution is 6.24. The second kappa shape index (κ2) is 19.7. The molecule has 62 heavy (non-hydrogen) atoms. The van der Waals surface area contributed by atoms with Crippen LogP contribution in [0.1, 0.15) is 88.1 Å². The van der Waals surface area contributed by atoms with Crippen molar-refractivity contribution < 1.29 is 53.6 Å². The third-order valence-electron chi connectivity index (χ3n) is 10.2. The van der Waals surface area contributed by atoms with Crippen molar-refractivity contribution in [2.75, 3.05) is 36.1 Å². The zero-order valence-electron chi connectivity index (χ0n) is 33.3. The summed E-state index contributed by atoms with van der Waals surface area (Å²) in [6, 6.07) is 8.43.